The van der Waals surface area contributed by atoms with Gasteiger partial charge in [0.2, 0.25) is 0 Å². The van der Waals surface area contributed by atoms with Crippen LogP contribution >= 0.6 is 21.8 Å². The van der Waals surface area contributed by atoms with Crippen molar-refractivity contribution in [1.29, 1.82) is 0 Å². The summed E-state index contributed by atoms with van der Waals surface area (Å²) in [5.41, 5.74) is 0. The van der Waals surface area contributed by atoms with Crippen LogP contribution < -0.4 is 0 Å². The zero-order chi connectivity index (χ0) is 15.2. The molecule has 3 aromatic carbocycles. The van der Waals surface area contributed by atoms with E-state index in [9.17, 15) is 4.39 Å². The maximum atomic E-state index is 13.4. The van der Waals surface area contributed by atoms with Gasteiger partial charge in [-0.2, -0.15) is 10.0 Å². The largest absolute Gasteiger partial charge is 0.207 e. The van der Waals surface area contributed by atoms with E-state index in [2.05, 4.69) is 54.8 Å². The maximum Gasteiger partial charge on any atom is 0.123 e. The zero-order valence-corrected chi connectivity index (χ0v) is 13.8. The van der Waals surface area contributed by atoms with E-state index < -0.39 is 10.0 Å². The molecule has 0 aliphatic carbocycles. The van der Waals surface area contributed by atoms with Crippen molar-refractivity contribution < 1.29 is 4.39 Å². The van der Waals surface area contributed by atoms with Gasteiger partial charge in [-0.3, -0.25) is 0 Å². The monoisotopic (exact) mass is 326 g/mol. The minimum Gasteiger partial charge on any atom is -0.207 e. The van der Waals surface area contributed by atoms with Crippen molar-refractivity contribution in [2.24, 2.45) is 0 Å². The van der Waals surface area contributed by atoms with Gasteiger partial charge in [0.1, 0.15) is 5.82 Å². The number of benzene rings is 3. The summed E-state index contributed by atoms with van der Waals surface area (Å²) in [6, 6.07) is 24.2. The average molecular weight is 326 g/mol. The lowest BCUT2D eigenvalue weighted by Gasteiger charge is -2.42. The minimum atomic E-state index is -1.34. The minimum absolute atomic E-state index is 0.182. The highest BCUT2D eigenvalue weighted by atomic mass is 32.3. The molecule has 0 fully saturated rings. The molecule has 0 saturated carbocycles. The van der Waals surface area contributed by atoms with E-state index in [1.807, 2.05) is 23.9 Å². The predicted molar refractivity (Wildman–Crippen MR) is 91.7 cm³/mol. The molecule has 1 aliphatic heterocycles. The highest BCUT2D eigenvalue weighted by Crippen LogP contribution is 2.72. The molecule has 1 heterocycles. The van der Waals surface area contributed by atoms with Crippen LogP contribution in [0.4, 0.5) is 4.39 Å². The van der Waals surface area contributed by atoms with Crippen LogP contribution in [-0.2, 0) is 0 Å². The number of fused-ring (bicyclic) bond motifs is 2. The first-order chi connectivity index (χ1) is 10.7. The van der Waals surface area contributed by atoms with Gasteiger partial charge in [0.05, 0.1) is 0 Å². The highest BCUT2D eigenvalue weighted by molar-refractivity contribution is 8.34. The van der Waals surface area contributed by atoms with Gasteiger partial charge >= 0.3 is 0 Å². The third-order valence-electron chi connectivity index (χ3n) is 4.08. The molecule has 110 valence electrons. The molecule has 0 atom stereocenters. The summed E-state index contributed by atoms with van der Waals surface area (Å²) in [5, 5.41) is 0. The molecule has 3 aromatic rings. The molecular weight excluding hydrogens is 311 g/mol. The summed E-state index contributed by atoms with van der Waals surface area (Å²) >= 11 is 1.83. The van der Waals surface area contributed by atoms with Crippen molar-refractivity contribution in [3.05, 3.63) is 78.6 Å². The Kier molecular flexibility index (Phi) is 3.28. The molecule has 0 nitrogen and oxygen atoms in total. The maximum absolute atomic E-state index is 13.4. The first-order valence-corrected chi connectivity index (χ1v) is 9.95. The second-order valence-corrected chi connectivity index (χ2v) is 9.64. The lowest BCUT2D eigenvalue weighted by Crippen LogP contribution is -2.07. The van der Waals surface area contributed by atoms with Crippen LogP contribution in [0.1, 0.15) is 0 Å². The van der Waals surface area contributed by atoms with Crippen molar-refractivity contribution in [2.45, 2.75) is 24.5 Å². The van der Waals surface area contributed by atoms with Crippen molar-refractivity contribution >= 4 is 21.8 Å². The van der Waals surface area contributed by atoms with Gasteiger partial charge in [-0.15, -0.1) is 0 Å². The summed E-state index contributed by atoms with van der Waals surface area (Å²) in [5.74, 6) is -0.182. The fourth-order valence-electron chi connectivity index (χ4n) is 2.94. The van der Waals surface area contributed by atoms with Crippen LogP contribution in [0.25, 0.3) is 0 Å². The van der Waals surface area contributed by atoms with E-state index in [0.717, 1.165) is 0 Å². The molecule has 0 aromatic heterocycles. The molecule has 0 amide bonds. The molecule has 1 aliphatic rings. The second kappa shape index (κ2) is 5.18. The van der Waals surface area contributed by atoms with Crippen molar-refractivity contribution in [2.75, 3.05) is 6.26 Å². The Morgan fingerprint density at radius 1 is 0.727 bits per heavy atom. The Morgan fingerprint density at radius 2 is 1.23 bits per heavy atom. The summed E-state index contributed by atoms with van der Waals surface area (Å²) in [7, 11) is -1.34. The van der Waals surface area contributed by atoms with Crippen molar-refractivity contribution in [3.63, 3.8) is 0 Å². The number of hydrogen-bond donors (Lipinski definition) is 0. The zero-order valence-electron chi connectivity index (χ0n) is 12.1. The summed E-state index contributed by atoms with van der Waals surface area (Å²) in [6.07, 6.45) is 2.32. The quantitative estimate of drug-likeness (QED) is 0.513. The SMILES string of the molecule is CS1(c2ccc(F)cc2)c2ccccc2Sc2ccccc21. The third-order valence-corrected chi connectivity index (χ3v) is 9.18. The lowest BCUT2D eigenvalue weighted by atomic mass is 10.3. The molecule has 4 rings (SSSR count). The van der Waals surface area contributed by atoms with Crippen LogP contribution in [-0.4, -0.2) is 6.26 Å². The normalized spacial score (nSPS) is 16.5. The van der Waals surface area contributed by atoms with Crippen LogP contribution in [0.2, 0.25) is 0 Å². The van der Waals surface area contributed by atoms with E-state index in [-0.39, 0.29) is 5.82 Å². The highest BCUT2D eigenvalue weighted by Gasteiger charge is 2.33. The average Bonchev–Trinajstić information content (AvgIpc) is 2.56. The summed E-state index contributed by atoms with van der Waals surface area (Å²) in [6.45, 7) is 0. The number of halogens is 1. The van der Waals surface area contributed by atoms with Crippen molar-refractivity contribution in [3.8, 4) is 0 Å². The Bertz CT molecular complexity index is 795. The molecule has 0 unspecified atom stereocenters. The molecule has 22 heavy (non-hydrogen) atoms. The van der Waals surface area contributed by atoms with Crippen LogP contribution in [0.3, 0.4) is 0 Å². The van der Waals surface area contributed by atoms with Gasteiger partial charge < -0.3 is 0 Å². The number of rotatable bonds is 1. The number of hydrogen-bond acceptors (Lipinski definition) is 1. The Balaban J connectivity index is 2.03. The summed E-state index contributed by atoms with van der Waals surface area (Å²) in [4.78, 5) is 6.55. The van der Waals surface area contributed by atoms with Crippen LogP contribution in [0.15, 0.2) is 97.3 Å². The molecular formula is C19H15FS2. The van der Waals surface area contributed by atoms with Gasteiger partial charge in [-0.25, -0.2) is 4.39 Å². The molecule has 0 N–H and O–H groups in total. The Labute approximate surface area is 135 Å². The molecule has 3 heteroatoms. The first-order valence-electron chi connectivity index (χ1n) is 7.09. The molecule has 0 saturated heterocycles. The smallest absolute Gasteiger partial charge is 0.123 e. The van der Waals surface area contributed by atoms with E-state index in [1.165, 1.54) is 24.5 Å². The predicted octanol–water partition coefficient (Wildman–Crippen LogP) is 6.20. The Hall–Kier alpha value is -1.71. The standard InChI is InChI=1S/C19H15FS2/c1-22(15-12-10-14(20)11-13-15)18-8-4-2-6-16(18)21-17-7-3-5-9-19(17)22/h2-13H,1H3. The third kappa shape index (κ3) is 2.00. The lowest BCUT2D eigenvalue weighted by molar-refractivity contribution is 0.626. The van der Waals surface area contributed by atoms with Gasteiger partial charge in [0.15, 0.2) is 0 Å². The van der Waals surface area contributed by atoms with Gasteiger partial charge in [0, 0.05) is 19.6 Å². The summed E-state index contributed by atoms with van der Waals surface area (Å²) < 4.78 is 13.4. The first kappa shape index (κ1) is 13.9. The van der Waals surface area contributed by atoms with E-state index in [0.29, 0.717) is 0 Å². The van der Waals surface area contributed by atoms with Gasteiger partial charge in [0.25, 0.3) is 0 Å². The topological polar surface area (TPSA) is 0 Å². The fraction of sp³-hybridized carbons (Fsp3) is 0.0526. The molecule has 0 bridgehead atoms. The molecule has 0 radical (unpaired) electrons. The van der Waals surface area contributed by atoms with Crippen LogP contribution in [0, 0.1) is 5.82 Å². The van der Waals surface area contributed by atoms with E-state index in [4.69, 9.17) is 0 Å². The van der Waals surface area contributed by atoms with E-state index >= 15 is 0 Å². The van der Waals surface area contributed by atoms with Crippen LogP contribution in [0.5, 0.6) is 0 Å². The van der Waals surface area contributed by atoms with Crippen molar-refractivity contribution in [1.82, 2.24) is 0 Å². The van der Waals surface area contributed by atoms with E-state index in [1.54, 1.807) is 12.1 Å². The second-order valence-electron chi connectivity index (χ2n) is 5.37. The Morgan fingerprint density at radius 3 is 1.77 bits per heavy atom. The van der Waals surface area contributed by atoms with Gasteiger partial charge in [-0.05, 0) is 59.7 Å². The molecule has 0 spiro atoms. The van der Waals surface area contributed by atoms with Gasteiger partial charge in [-0.1, -0.05) is 36.0 Å². The fourth-order valence-corrected chi connectivity index (χ4v) is 8.13.